The van der Waals surface area contributed by atoms with Gasteiger partial charge in [0.1, 0.15) is 11.5 Å². The number of aliphatic hydroxyl groups excluding tert-OH is 1. The highest BCUT2D eigenvalue weighted by atomic mass is 32.2. The molecule has 0 aliphatic rings. The van der Waals surface area contributed by atoms with Crippen LogP contribution in [-0.4, -0.2) is 70.7 Å². The van der Waals surface area contributed by atoms with Gasteiger partial charge < -0.3 is 26.6 Å². The number of aliphatic hydroxyl groups is 1. The normalized spacial score (nSPS) is 11.6. The van der Waals surface area contributed by atoms with Gasteiger partial charge in [-0.2, -0.15) is 8.42 Å². The van der Waals surface area contributed by atoms with E-state index in [-0.39, 0.29) is 46.3 Å². The molecule has 42 heavy (non-hydrogen) atoms. The van der Waals surface area contributed by atoms with Crippen molar-refractivity contribution in [1.29, 1.82) is 5.41 Å². The number of carboxylic acid groups (broad SMARTS) is 1. The zero-order chi connectivity index (χ0) is 31.8. The number of aryl methyl sites for hydroxylation is 1. The summed E-state index contributed by atoms with van der Waals surface area (Å²) in [6.07, 6.45) is 0.715. The van der Waals surface area contributed by atoms with Gasteiger partial charge in [0.05, 0.1) is 24.5 Å². The number of carboxylic acids is 1. The molecule has 1 heterocycles. The molecule has 13 nitrogen and oxygen atoms in total. The molecule has 1 atom stereocenters. The summed E-state index contributed by atoms with van der Waals surface area (Å²) in [5, 5.41) is 32.3. The van der Waals surface area contributed by atoms with Gasteiger partial charge in [-0.15, -0.1) is 0 Å². The fraction of sp³-hybridized carbons (Fsp3) is 0.250. The number of pyridine rings is 1. The second kappa shape index (κ2) is 14.3. The van der Waals surface area contributed by atoms with E-state index in [1.165, 1.54) is 18.2 Å². The minimum Gasteiger partial charge on any atom is -0.478 e. The fourth-order valence-corrected chi connectivity index (χ4v) is 3.64. The number of aromatic carboxylic acids is 1. The van der Waals surface area contributed by atoms with Crippen molar-refractivity contribution in [2.24, 2.45) is 11.7 Å². The van der Waals surface area contributed by atoms with Crippen LogP contribution in [-0.2, 0) is 10.1 Å². The number of nitrogens with zero attached hydrogens (tertiary/aromatic N) is 1. The van der Waals surface area contributed by atoms with Crippen molar-refractivity contribution in [1.82, 2.24) is 10.3 Å². The maximum absolute atomic E-state index is 13.2. The first-order valence-corrected chi connectivity index (χ1v) is 14.3. The van der Waals surface area contributed by atoms with Gasteiger partial charge in [0.25, 0.3) is 21.9 Å². The van der Waals surface area contributed by atoms with Gasteiger partial charge in [0, 0.05) is 28.1 Å². The number of carbonyl (C=O) groups excluding carboxylic acids is 2. The molecular formula is C28H33N5O8S. The van der Waals surface area contributed by atoms with Gasteiger partial charge in [-0.3, -0.25) is 19.6 Å². The van der Waals surface area contributed by atoms with Crippen molar-refractivity contribution in [3.8, 4) is 11.1 Å². The Morgan fingerprint density at radius 3 is 2.02 bits per heavy atom. The lowest BCUT2D eigenvalue weighted by molar-refractivity contribution is 0.0697. The minimum absolute atomic E-state index is 0.00972. The van der Waals surface area contributed by atoms with Crippen molar-refractivity contribution >= 4 is 39.4 Å². The van der Waals surface area contributed by atoms with Crippen LogP contribution < -0.4 is 16.4 Å². The Morgan fingerprint density at radius 2 is 1.52 bits per heavy atom. The number of hydrogen-bond donors (Lipinski definition) is 7. The smallest absolute Gasteiger partial charge is 0.336 e. The Labute approximate surface area is 243 Å². The molecule has 0 saturated heterocycles. The predicted octanol–water partition coefficient (Wildman–Crippen LogP) is 2.54. The van der Waals surface area contributed by atoms with E-state index in [4.69, 9.17) is 15.7 Å². The van der Waals surface area contributed by atoms with Gasteiger partial charge in [-0.1, -0.05) is 26.0 Å². The highest BCUT2D eigenvalue weighted by Gasteiger charge is 2.23. The Hall–Kier alpha value is -4.66. The second-order valence-corrected chi connectivity index (χ2v) is 11.1. The van der Waals surface area contributed by atoms with Crippen LogP contribution in [0.5, 0.6) is 0 Å². The number of nitrogens with two attached hydrogens (primary N) is 1. The molecule has 2 aromatic carbocycles. The van der Waals surface area contributed by atoms with E-state index in [0.29, 0.717) is 23.2 Å². The van der Waals surface area contributed by atoms with Crippen LogP contribution in [0, 0.1) is 18.3 Å². The van der Waals surface area contributed by atoms with Crippen LogP contribution in [0.1, 0.15) is 56.3 Å². The van der Waals surface area contributed by atoms with Crippen LogP contribution in [0.25, 0.3) is 11.1 Å². The quantitative estimate of drug-likeness (QED) is 0.108. The summed E-state index contributed by atoms with van der Waals surface area (Å²) in [5.74, 6) is -2.48. The number of nitrogen functional groups attached to an aromatic ring is 1. The number of carbonyl (C=O) groups is 3. The Bertz CT molecular complexity index is 1580. The third kappa shape index (κ3) is 9.76. The lowest BCUT2D eigenvalue weighted by Crippen LogP contribution is -2.41. The molecule has 1 unspecified atom stereocenters. The first-order valence-electron chi connectivity index (χ1n) is 12.5. The van der Waals surface area contributed by atoms with Crippen LogP contribution in [0.2, 0.25) is 0 Å². The standard InChI is InChI=1S/C27H29N5O5.CH4O3S/c1-14(2)22(13-33)32-25(34)17-7-11-19(21(12-17)27(36)37)20-10-4-15(3)30-23(20)26(35)31-18-8-5-16(6-9-18)24(28)29;1-5(2,3)4/h4-12,14,22,33H,13H2,1-3H3,(H3,28,29)(H,31,35)(H,32,34)(H,36,37);1H3,(H,2,3,4). The van der Waals surface area contributed by atoms with Crippen LogP contribution in [0.3, 0.4) is 0 Å². The molecule has 0 aliphatic heterocycles. The number of aromatic nitrogens is 1. The zero-order valence-corrected chi connectivity index (χ0v) is 24.2. The molecule has 3 aromatic rings. The summed E-state index contributed by atoms with van der Waals surface area (Å²) < 4.78 is 25.9. The predicted molar refractivity (Wildman–Crippen MR) is 157 cm³/mol. The molecule has 0 spiro atoms. The Balaban J connectivity index is 0.00000113. The molecule has 0 fully saturated rings. The molecule has 2 amide bonds. The van der Waals surface area contributed by atoms with E-state index in [9.17, 15) is 33.0 Å². The number of hydrogen-bond acceptors (Lipinski definition) is 8. The van der Waals surface area contributed by atoms with E-state index >= 15 is 0 Å². The third-order valence-corrected chi connectivity index (χ3v) is 5.82. The molecule has 14 heteroatoms. The summed E-state index contributed by atoms with van der Waals surface area (Å²) in [6.45, 7) is 5.15. The molecule has 8 N–H and O–H groups in total. The molecule has 0 bridgehead atoms. The highest BCUT2D eigenvalue weighted by molar-refractivity contribution is 7.85. The Morgan fingerprint density at radius 1 is 0.976 bits per heavy atom. The van der Waals surface area contributed by atoms with Gasteiger partial charge >= 0.3 is 5.97 Å². The van der Waals surface area contributed by atoms with Crippen LogP contribution >= 0.6 is 0 Å². The first-order chi connectivity index (χ1) is 19.5. The maximum Gasteiger partial charge on any atom is 0.336 e. The average molecular weight is 600 g/mol. The molecule has 3 rings (SSSR count). The third-order valence-electron chi connectivity index (χ3n) is 5.82. The van der Waals surface area contributed by atoms with E-state index in [0.717, 1.165) is 0 Å². The van der Waals surface area contributed by atoms with Gasteiger partial charge in [0.15, 0.2) is 0 Å². The van der Waals surface area contributed by atoms with E-state index in [1.807, 2.05) is 13.8 Å². The monoisotopic (exact) mass is 599 g/mol. The number of nitrogens with one attached hydrogen (secondary N) is 3. The molecular weight excluding hydrogens is 566 g/mol. The summed E-state index contributed by atoms with van der Waals surface area (Å²) in [5.41, 5.74) is 7.41. The average Bonchev–Trinajstić information content (AvgIpc) is 2.90. The van der Waals surface area contributed by atoms with E-state index in [2.05, 4.69) is 15.6 Å². The van der Waals surface area contributed by atoms with Gasteiger partial charge in [-0.25, -0.2) is 9.78 Å². The van der Waals surface area contributed by atoms with Crippen molar-refractivity contribution in [2.45, 2.75) is 26.8 Å². The van der Waals surface area contributed by atoms with E-state index in [1.54, 1.807) is 43.3 Å². The van der Waals surface area contributed by atoms with Crippen molar-refractivity contribution in [2.75, 3.05) is 18.2 Å². The lowest BCUT2D eigenvalue weighted by atomic mass is 9.95. The number of rotatable bonds is 9. The van der Waals surface area contributed by atoms with E-state index < -0.39 is 33.9 Å². The molecule has 1 aromatic heterocycles. The van der Waals surface area contributed by atoms with Gasteiger partial charge in [0.2, 0.25) is 0 Å². The number of amidine groups is 1. The minimum atomic E-state index is -3.67. The summed E-state index contributed by atoms with van der Waals surface area (Å²) in [4.78, 5) is 42.4. The topological polar surface area (TPSA) is 233 Å². The summed E-state index contributed by atoms with van der Waals surface area (Å²) in [6, 6.07) is 13.3. The maximum atomic E-state index is 13.2. The SMILES string of the molecule is CS(=O)(=O)O.Cc1ccc(-c2ccc(C(=O)NC(CO)C(C)C)cc2C(=O)O)c(C(=O)Nc2ccc(C(=N)N)cc2)n1. The number of amides is 2. The zero-order valence-electron chi connectivity index (χ0n) is 23.4. The molecule has 224 valence electrons. The Kier molecular flexibility index (Phi) is 11.4. The molecule has 0 radical (unpaired) electrons. The van der Waals surface area contributed by atoms with Crippen LogP contribution in [0.15, 0.2) is 54.6 Å². The van der Waals surface area contributed by atoms with Crippen LogP contribution in [0.4, 0.5) is 5.69 Å². The van der Waals surface area contributed by atoms with Gasteiger partial charge in [-0.05, 0) is 60.9 Å². The largest absolute Gasteiger partial charge is 0.478 e. The number of benzene rings is 2. The lowest BCUT2D eigenvalue weighted by Gasteiger charge is -2.20. The molecule has 0 saturated carbocycles. The first kappa shape index (κ1) is 33.5. The molecule has 0 aliphatic carbocycles. The second-order valence-electron chi connectivity index (χ2n) is 9.60. The number of anilines is 1. The van der Waals surface area contributed by atoms with Crippen molar-refractivity contribution < 1.29 is 37.6 Å². The summed E-state index contributed by atoms with van der Waals surface area (Å²) >= 11 is 0. The highest BCUT2D eigenvalue weighted by Crippen LogP contribution is 2.29. The van der Waals surface area contributed by atoms with Crippen molar-refractivity contribution in [3.63, 3.8) is 0 Å². The summed E-state index contributed by atoms with van der Waals surface area (Å²) in [7, 11) is -3.67. The van der Waals surface area contributed by atoms with Crippen molar-refractivity contribution in [3.05, 3.63) is 82.7 Å². The fourth-order valence-electron chi connectivity index (χ4n) is 3.64.